The van der Waals surface area contributed by atoms with E-state index in [1.54, 1.807) is 0 Å². The van der Waals surface area contributed by atoms with Crippen LogP contribution in [0.1, 0.15) is 27.0 Å². The number of benzene rings is 2. The summed E-state index contributed by atoms with van der Waals surface area (Å²) in [5.74, 6) is -0.0340. The molecule has 0 fully saturated rings. The van der Waals surface area contributed by atoms with Crippen LogP contribution in [-0.4, -0.2) is 39.8 Å². The van der Waals surface area contributed by atoms with Crippen LogP contribution in [0.2, 0.25) is 0 Å². The van der Waals surface area contributed by atoms with Gasteiger partial charge in [-0.2, -0.15) is 0 Å². The van der Waals surface area contributed by atoms with E-state index in [1.165, 1.54) is 39.0 Å². The number of nitrogens with one attached hydrogen (secondary N) is 1. The molecule has 7 heteroatoms. The second-order valence-electron chi connectivity index (χ2n) is 6.19. The Morgan fingerprint density at radius 2 is 1.54 bits per heavy atom. The molecule has 0 spiro atoms. The fraction of sp³-hybridized carbons (Fsp3) is 0.333. The SMILES string of the molecule is COc1cc(C(=O)OCC(=O)NCc2ccc(C)c(C)c2)cc(OC)c1OC. The van der Waals surface area contributed by atoms with E-state index >= 15 is 0 Å². The van der Waals surface area contributed by atoms with E-state index < -0.39 is 5.97 Å². The number of amides is 1. The van der Waals surface area contributed by atoms with Crippen LogP contribution in [0, 0.1) is 13.8 Å². The maximum absolute atomic E-state index is 12.3. The molecule has 1 N–H and O–H groups in total. The number of methoxy groups -OCH3 is 3. The zero-order valence-corrected chi connectivity index (χ0v) is 16.8. The van der Waals surface area contributed by atoms with Crippen molar-refractivity contribution in [3.63, 3.8) is 0 Å². The molecule has 0 heterocycles. The van der Waals surface area contributed by atoms with Gasteiger partial charge in [-0.1, -0.05) is 18.2 Å². The van der Waals surface area contributed by atoms with E-state index in [9.17, 15) is 9.59 Å². The number of aryl methyl sites for hydroxylation is 2. The first-order chi connectivity index (χ1) is 13.4. The van der Waals surface area contributed by atoms with Crippen LogP contribution < -0.4 is 19.5 Å². The minimum absolute atomic E-state index is 0.191. The number of hydrogen-bond acceptors (Lipinski definition) is 6. The van der Waals surface area contributed by atoms with Crippen LogP contribution in [0.3, 0.4) is 0 Å². The molecule has 0 aliphatic rings. The predicted molar refractivity (Wildman–Crippen MR) is 104 cm³/mol. The molecular weight excluding hydrogens is 362 g/mol. The highest BCUT2D eigenvalue weighted by molar-refractivity contribution is 5.92. The lowest BCUT2D eigenvalue weighted by Crippen LogP contribution is -2.28. The summed E-state index contributed by atoms with van der Waals surface area (Å²) in [5, 5.41) is 2.73. The van der Waals surface area contributed by atoms with Crippen molar-refractivity contribution in [3.8, 4) is 17.2 Å². The van der Waals surface area contributed by atoms with Gasteiger partial charge in [-0.05, 0) is 42.7 Å². The van der Waals surface area contributed by atoms with Crippen molar-refractivity contribution in [2.24, 2.45) is 0 Å². The second kappa shape index (κ2) is 9.64. The van der Waals surface area contributed by atoms with Crippen LogP contribution in [0.5, 0.6) is 17.2 Å². The summed E-state index contributed by atoms with van der Waals surface area (Å²) in [5.41, 5.74) is 3.51. The van der Waals surface area contributed by atoms with Gasteiger partial charge in [0.05, 0.1) is 26.9 Å². The molecule has 7 nitrogen and oxygen atoms in total. The average molecular weight is 387 g/mol. The Morgan fingerprint density at radius 1 is 0.893 bits per heavy atom. The molecule has 28 heavy (non-hydrogen) atoms. The van der Waals surface area contributed by atoms with Crippen molar-refractivity contribution in [2.45, 2.75) is 20.4 Å². The number of carbonyl (C=O) groups is 2. The third kappa shape index (κ3) is 5.16. The Bertz CT molecular complexity index is 837. The number of esters is 1. The lowest BCUT2D eigenvalue weighted by atomic mass is 10.1. The molecule has 2 aromatic carbocycles. The summed E-state index contributed by atoms with van der Waals surface area (Å²) >= 11 is 0. The quantitative estimate of drug-likeness (QED) is 0.702. The van der Waals surface area contributed by atoms with E-state index in [-0.39, 0.29) is 18.1 Å². The molecule has 0 saturated heterocycles. The summed E-state index contributed by atoms with van der Waals surface area (Å²) < 4.78 is 20.7. The van der Waals surface area contributed by atoms with Crippen LogP contribution in [0.4, 0.5) is 0 Å². The molecule has 150 valence electrons. The van der Waals surface area contributed by atoms with Crippen molar-refractivity contribution in [2.75, 3.05) is 27.9 Å². The number of hydrogen-bond donors (Lipinski definition) is 1. The zero-order valence-electron chi connectivity index (χ0n) is 16.8. The molecule has 0 aliphatic carbocycles. The van der Waals surface area contributed by atoms with Crippen LogP contribution in [-0.2, 0) is 16.1 Å². The normalized spacial score (nSPS) is 10.2. The zero-order chi connectivity index (χ0) is 20.7. The van der Waals surface area contributed by atoms with E-state index in [0.29, 0.717) is 23.8 Å². The highest BCUT2D eigenvalue weighted by Gasteiger charge is 2.18. The summed E-state index contributed by atoms with van der Waals surface area (Å²) in [7, 11) is 4.37. The Balaban J connectivity index is 1.95. The molecule has 2 rings (SSSR count). The second-order valence-corrected chi connectivity index (χ2v) is 6.19. The lowest BCUT2D eigenvalue weighted by molar-refractivity contribution is -0.124. The molecule has 0 unspecified atom stereocenters. The van der Waals surface area contributed by atoms with E-state index in [0.717, 1.165) is 11.1 Å². The van der Waals surface area contributed by atoms with Crippen molar-refractivity contribution < 1.29 is 28.5 Å². The van der Waals surface area contributed by atoms with Crippen molar-refractivity contribution in [1.82, 2.24) is 5.32 Å². The Morgan fingerprint density at radius 3 is 2.07 bits per heavy atom. The molecule has 0 radical (unpaired) electrons. The smallest absolute Gasteiger partial charge is 0.338 e. The van der Waals surface area contributed by atoms with Gasteiger partial charge in [0.1, 0.15) is 0 Å². The Labute approximate surface area is 164 Å². The van der Waals surface area contributed by atoms with E-state index in [1.807, 2.05) is 32.0 Å². The summed E-state index contributed by atoms with van der Waals surface area (Å²) in [6.07, 6.45) is 0. The van der Waals surface area contributed by atoms with Gasteiger partial charge in [0, 0.05) is 6.54 Å². The summed E-state index contributed by atoms with van der Waals surface area (Å²) in [4.78, 5) is 24.3. The van der Waals surface area contributed by atoms with Gasteiger partial charge in [-0.25, -0.2) is 4.79 Å². The van der Waals surface area contributed by atoms with Crippen LogP contribution >= 0.6 is 0 Å². The minimum atomic E-state index is -0.666. The topological polar surface area (TPSA) is 83.1 Å². The fourth-order valence-electron chi connectivity index (χ4n) is 2.58. The number of carbonyl (C=O) groups excluding carboxylic acids is 2. The maximum Gasteiger partial charge on any atom is 0.338 e. The van der Waals surface area contributed by atoms with Crippen LogP contribution in [0.25, 0.3) is 0 Å². The van der Waals surface area contributed by atoms with Gasteiger partial charge < -0.3 is 24.3 Å². The van der Waals surface area contributed by atoms with Gasteiger partial charge >= 0.3 is 5.97 Å². The van der Waals surface area contributed by atoms with Gasteiger partial charge in [0.15, 0.2) is 18.1 Å². The van der Waals surface area contributed by atoms with Gasteiger partial charge in [0.2, 0.25) is 5.75 Å². The molecule has 0 bridgehead atoms. The minimum Gasteiger partial charge on any atom is -0.493 e. The predicted octanol–water partition coefficient (Wildman–Crippen LogP) is 2.80. The highest BCUT2D eigenvalue weighted by Crippen LogP contribution is 2.38. The number of rotatable bonds is 8. The summed E-state index contributed by atoms with van der Waals surface area (Å²) in [6, 6.07) is 8.90. The van der Waals surface area contributed by atoms with Gasteiger partial charge in [-0.15, -0.1) is 0 Å². The van der Waals surface area contributed by atoms with Crippen LogP contribution in [0.15, 0.2) is 30.3 Å². The lowest BCUT2D eigenvalue weighted by Gasteiger charge is -2.13. The van der Waals surface area contributed by atoms with Crippen molar-refractivity contribution in [1.29, 1.82) is 0 Å². The van der Waals surface area contributed by atoms with Gasteiger partial charge in [-0.3, -0.25) is 4.79 Å². The summed E-state index contributed by atoms with van der Waals surface area (Å²) in [6.45, 7) is 4.02. The largest absolute Gasteiger partial charge is 0.493 e. The van der Waals surface area contributed by atoms with Crippen molar-refractivity contribution >= 4 is 11.9 Å². The van der Waals surface area contributed by atoms with E-state index in [2.05, 4.69) is 5.32 Å². The molecule has 0 aromatic heterocycles. The average Bonchev–Trinajstić information content (AvgIpc) is 2.71. The monoisotopic (exact) mass is 387 g/mol. The first-order valence-electron chi connectivity index (χ1n) is 8.69. The molecular formula is C21H25NO6. The van der Waals surface area contributed by atoms with Crippen molar-refractivity contribution in [3.05, 3.63) is 52.6 Å². The molecule has 1 amide bonds. The standard InChI is InChI=1S/C21H25NO6/c1-13-6-7-15(8-14(13)2)11-22-19(23)12-28-21(24)16-9-17(25-3)20(27-5)18(10-16)26-4/h6-10H,11-12H2,1-5H3,(H,22,23). The van der Waals surface area contributed by atoms with Gasteiger partial charge in [0.25, 0.3) is 5.91 Å². The first-order valence-corrected chi connectivity index (χ1v) is 8.69. The Hall–Kier alpha value is -3.22. The fourth-order valence-corrected chi connectivity index (χ4v) is 2.58. The molecule has 0 saturated carbocycles. The third-order valence-corrected chi connectivity index (χ3v) is 4.30. The molecule has 0 aliphatic heterocycles. The first kappa shape index (κ1) is 21.1. The molecule has 0 atom stereocenters. The molecule has 2 aromatic rings. The number of ether oxygens (including phenoxy) is 4. The third-order valence-electron chi connectivity index (χ3n) is 4.30. The highest BCUT2D eigenvalue weighted by atomic mass is 16.5. The maximum atomic E-state index is 12.3. The van der Waals surface area contributed by atoms with E-state index in [4.69, 9.17) is 18.9 Å². The Kier molecular flexibility index (Phi) is 7.26.